The van der Waals surface area contributed by atoms with E-state index in [4.69, 9.17) is 17.3 Å². The van der Waals surface area contributed by atoms with Crippen LogP contribution in [-0.4, -0.2) is 33.1 Å². The van der Waals surface area contributed by atoms with E-state index in [0.717, 1.165) is 5.69 Å². The van der Waals surface area contributed by atoms with Crippen molar-refractivity contribution in [2.75, 3.05) is 18.1 Å². The molecule has 0 aliphatic rings. The van der Waals surface area contributed by atoms with Crippen LogP contribution in [0.15, 0.2) is 30.5 Å². The number of hydrogen-bond acceptors (Lipinski definition) is 6. The molecular weight excluding hydrogens is 342 g/mol. The average molecular weight is 358 g/mol. The first-order valence-electron chi connectivity index (χ1n) is 7.41. The lowest BCUT2D eigenvalue weighted by Crippen LogP contribution is -2.18. The Balaban J connectivity index is 1.83. The molecule has 0 bridgehead atoms. The van der Waals surface area contributed by atoms with Crippen LogP contribution in [-0.2, 0) is 0 Å². The lowest BCUT2D eigenvalue weighted by Gasteiger charge is -2.09. The minimum absolute atomic E-state index is 0.254. The second-order valence-corrected chi connectivity index (χ2v) is 5.73. The monoisotopic (exact) mass is 357 g/mol. The molecule has 3 aromatic rings. The van der Waals surface area contributed by atoms with Gasteiger partial charge in [-0.3, -0.25) is 9.89 Å². The molecule has 0 aliphatic carbocycles. The van der Waals surface area contributed by atoms with Crippen LogP contribution in [0.25, 0.3) is 11.3 Å². The number of aryl methyl sites for hydroxylation is 1. The maximum Gasteiger partial charge on any atom is 0.252 e. The fourth-order valence-electron chi connectivity index (χ4n) is 2.25. The number of nitrogens with zero attached hydrogens (tertiary/aromatic N) is 3. The Kier molecular flexibility index (Phi) is 4.53. The van der Waals surface area contributed by atoms with E-state index in [-0.39, 0.29) is 5.91 Å². The molecule has 128 valence electrons. The fraction of sp³-hybridized carbons (Fsp3) is 0.125. The molecule has 3 rings (SSSR count). The zero-order chi connectivity index (χ0) is 18.0. The SMILES string of the molecule is CNC(=O)c1ccc(Nc2ncc(-c3cc(C)[nH]n3)c(N)n2)cc1Cl. The van der Waals surface area contributed by atoms with E-state index in [1.54, 1.807) is 31.4 Å². The molecule has 9 heteroatoms. The molecule has 0 unspecified atom stereocenters. The number of nitrogens with one attached hydrogen (secondary N) is 3. The molecule has 5 N–H and O–H groups in total. The summed E-state index contributed by atoms with van der Waals surface area (Å²) in [5.41, 5.74) is 9.27. The Morgan fingerprint density at radius 1 is 1.32 bits per heavy atom. The molecule has 2 aromatic heterocycles. The van der Waals surface area contributed by atoms with Gasteiger partial charge in [-0.25, -0.2) is 4.98 Å². The van der Waals surface area contributed by atoms with Crippen molar-refractivity contribution < 1.29 is 4.79 Å². The molecule has 0 spiro atoms. The van der Waals surface area contributed by atoms with Gasteiger partial charge in [-0.1, -0.05) is 11.6 Å². The number of nitrogen functional groups attached to an aromatic ring is 1. The smallest absolute Gasteiger partial charge is 0.252 e. The number of rotatable bonds is 4. The van der Waals surface area contributed by atoms with Crippen LogP contribution in [0.1, 0.15) is 16.1 Å². The number of anilines is 3. The Hall–Kier alpha value is -3.13. The standard InChI is InChI=1S/C16H16ClN7O/c1-8-5-13(24-23-8)11-7-20-16(22-14(11)18)21-9-3-4-10(12(17)6-9)15(25)19-2/h3-7H,1-2H3,(H,19,25)(H,23,24)(H3,18,20,21,22). The third kappa shape index (κ3) is 3.53. The zero-order valence-electron chi connectivity index (χ0n) is 13.6. The normalized spacial score (nSPS) is 10.5. The van der Waals surface area contributed by atoms with E-state index in [1.165, 1.54) is 0 Å². The number of benzene rings is 1. The number of halogens is 1. The van der Waals surface area contributed by atoms with Crippen LogP contribution in [0.3, 0.4) is 0 Å². The van der Waals surface area contributed by atoms with Crippen LogP contribution < -0.4 is 16.4 Å². The fourth-order valence-corrected chi connectivity index (χ4v) is 2.52. The summed E-state index contributed by atoms with van der Waals surface area (Å²) in [6.45, 7) is 1.90. The highest BCUT2D eigenvalue weighted by atomic mass is 35.5. The predicted molar refractivity (Wildman–Crippen MR) is 96.9 cm³/mol. The zero-order valence-corrected chi connectivity index (χ0v) is 14.3. The lowest BCUT2D eigenvalue weighted by atomic mass is 10.2. The second kappa shape index (κ2) is 6.78. The van der Waals surface area contributed by atoms with E-state index < -0.39 is 0 Å². The van der Waals surface area contributed by atoms with Gasteiger partial charge in [-0.15, -0.1) is 0 Å². The maximum absolute atomic E-state index is 11.7. The third-order valence-electron chi connectivity index (χ3n) is 3.50. The Morgan fingerprint density at radius 3 is 2.72 bits per heavy atom. The topological polar surface area (TPSA) is 122 Å². The van der Waals surface area contributed by atoms with Crippen molar-refractivity contribution >= 4 is 35.0 Å². The first kappa shape index (κ1) is 16.7. The molecule has 1 amide bonds. The molecule has 25 heavy (non-hydrogen) atoms. The summed E-state index contributed by atoms with van der Waals surface area (Å²) in [6.07, 6.45) is 1.60. The predicted octanol–water partition coefficient (Wildman–Crippen LogP) is 2.51. The van der Waals surface area contributed by atoms with Gasteiger partial charge < -0.3 is 16.4 Å². The number of aromatic amines is 1. The second-order valence-electron chi connectivity index (χ2n) is 5.33. The number of aromatic nitrogens is 4. The summed E-state index contributed by atoms with van der Waals surface area (Å²) in [7, 11) is 1.55. The van der Waals surface area contributed by atoms with Crippen molar-refractivity contribution in [3.05, 3.63) is 46.7 Å². The van der Waals surface area contributed by atoms with Gasteiger partial charge in [0.05, 0.1) is 21.8 Å². The molecule has 2 heterocycles. The molecule has 0 atom stereocenters. The molecule has 1 aromatic carbocycles. The van der Waals surface area contributed by atoms with Gasteiger partial charge in [0, 0.05) is 24.6 Å². The van der Waals surface area contributed by atoms with E-state index in [2.05, 4.69) is 30.8 Å². The van der Waals surface area contributed by atoms with Gasteiger partial charge in [0.2, 0.25) is 5.95 Å². The van der Waals surface area contributed by atoms with Gasteiger partial charge in [0.25, 0.3) is 5.91 Å². The van der Waals surface area contributed by atoms with E-state index in [0.29, 0.717) is 39.3 Å². The number of amides is 1. The van der Waals surface area contributed by atoms with Crippen molar-refractivity contribution in [3.8, 4) is 11.3 Å². The minimum atomic E-state index is -0.254. The largest absolute Gasteiger partial charge is 0.383 e. The van der Waals surface area contributed by atoms with Crippen LogP contribution in [0.2, 0.25) is 5.02 Å². The highest BCUT2D eigenvalue weighted by Crippen LogP contribution is 2.26. The Bertz CT molecular complexity index is 938. The van der Waals surface area contributed by atoms with Crippen LogP contribution in [0.5, 0.6) is 0 Å². The molecule has 0 saturated heterocycles. The molecule has 0 radical (unpaired) electrons. The molecule has 0 fully saturated rings. The summed E-state index contributed by atoms with van der Waals surface area (Å²) in [4.78, 5) is 20.1. The molecule has 0 saturated carbocycles. The third-order valence-corrected chi connectivity index (χ3v) is 3.81. The van der Waals surface area contributed by atoms with Gasteiger partial charge >= 0.3 is 0 Å². The molecular formula is C16H16ClN7O. The quantitative estimate of drug-likeness (QED) is 0.569. The van der Waals surface area contributed by atoms with Crippen molar-refractivity contribution in [1.82, 2.24) is 25.5 Å². The first-order chi connectivity index (χ1) is 12.0. The van der Waals surface area contributed by atoms with Crippen molar-refractivity contribution in [2.45, 2.75) is 6.92 Å². The highest BCUT2D eigenvalue weighted by Gasteiger charge is 2.12. The molecule has 0 aliphatic heterocycles. The number of carbonyl (C=O) groups is 1. The number of hydrogen-bond donors (Lipinski definition) is 4. The maximum atomic E-state index is 11.7. The van der Waals surface area contributed by atoms with Crippen molar-refractivity contribution in [3.63, 3.8) is 0 Å². The Morgan fingerprint density at radius 2 is 2.12 bits per heavy atom. The minimum Gasteiger partial charge on any atom is -0.383 e. The van der Waals surface area contributed by atoms with Crippen LogP contribution in [0, 0.1) is 6.92 Å². The first-order valence-corrected chi connectivity index (χ1v) is 7.79. The Labute approximate surface area is 148 Å². The van der Waals surface area contributed by atoms with Gasteiger partial charge in [0.1, 0.15) is 5.82 Å². The summed E-state index contributed by atoms with van der Waals surface area (Å²) < 4.78 is 0. The van der Waals surface area contributed by atoms with E-state index in [1.807, 2.05) is 13.0 Å². The highest BCUT2D eigenvalue weighted by molar-refractivity contribution is 6.34. The summed E-state index contributed by atoms with van der Waals surface area (Å²) in [5.74, 6) is 0.366. The van der Waals surface area contributed by atoms with Gasteiger partial charge in [-0.2, -0.15) is 10.1 Å². The summed E-state index contributed by atoms with van der Waals surface area (Å²) in [6, 6.07) is 6.81. The number of carbonyl (C=O) groups excluding carboxylic acids is 1. The number of nitrogens with two attached hydrogens (primary N) is 1. The van der Waals surface area contributed by atoms with E-state index >= 15 is 0 Å². The summed E-state index contributed by atoms with van der Waals surface area (Å²) >= 11 is 6.13. The van der Waals surface area contributed by atoms with Crippen molar-refractivity contribution in [1.29, 1.82) is 0 Å². The van der Waals surface area contributed by atoms with Crippen molar-refractivity contribution in [2.24, 2.45) is 0 Å². The van der Waals surface area contributed by atoms with Crippen LogP contribution >= 0.6 is 11.6 Å². The lowest BCUT2D eigenvalue weighted by molar-refractivity contribution is 0.0963. The van der Waals surface area contributed by atoms with Gasteiger partial charge in [-0.05, 0) is 31.2 Å². The molecule has 8 nitrogen and oxygen atoms in total. The van der Waals surface area contributed by atoms with E-state index in [9.17, 15) is 4.79 Å². The van der Waals surface area contributed by atoms with Crippen LogP contribution in [0.4, 0.5) is 17.5 Å². The number of H-pyrrole nitrogens is 1. The van der Waals surface area contributed by atoms with Gasteiger partial charge in [0.15, 0.2) is 0 Å². The average Bonchev–Trinajstić information content (AvgIpc) is 3.00. The summed E-state index contributed by atoms with van der Waals surface area (Å²) in [5, 5.41) is 12.9.